The fourth-order valence-electron chi connectivity index (χ4n) is 1.52. The van der Waals surface area contributed by atoms with Gasteiger partial charge in [0.1, 0.15) is 18.2 Å². The number of halogens is 1. The van der Waals surface area contributed by atoms with Gasteiger partial charge in [-0.05, 0) is 42.8 Å². The topological polar surface area (TPSA) is 21.3 Å². The van der Waals surface area contributed by atoms with Gasteiger partial charge in [0.2, 0.25) is 0 Å². The Morgan fingerprint density at radius 3 is 2.73 bits per heavy atom. The molecule has 0 atom stereocenters. The first kappa shape index (κ1) is 10.2. The van der Waals surface area contributed by atoms with Crippen LogP contribution < -0.4 is 10.1 Å². The van der Waals surface area contributed by atoms with Crippen molar-refractivity contribution in [2.75, 3.05) is 19.7 Å². The highest BCUT2D eigenvalue weighted by Gasteiger charge is 2.03. The minimum atomic E-state index is -0.235. The van der Waals surface area contributed by atoms with Crippen LogP contribution in [0.2, 0.25) is 0 Å². The molecule has 0 bridgehead atoms. The van der Waals surface area contributed by atoms with Gasteiger partial charge in [0.25, 0.3) is 0 Å². The molecule has 0 fully saturated rings. The van der Waals surface area contributed by atoms with Gasteiger partial charge in [-0.3, -0.25) is 0 Å². The predicted molar refractivity (Wildman–Crippen MR) is 57.5 cm³/mol. The third-order valence-corrected chi connectivity index (χ3v) is 2.34. The maximum atomic E-state index is 12.6. The summed E-state index contributed by atoms with van der Waals surface area (Å²) in [5.74, 6) is 0.476. The lowest BCUT2D eigenvalue weighted by molar-refractivity contribution is 0.344. The van der Waals surface area contributed by atoms with Crippen LogP contribution in [0, 0.1) is 5.82 Å². The number of nitrogens with one attached hydrogen (secondary N) is 1. The van der Waals surface area contributed by atoms with Crippen molar-refractivity contribution in [3.05, 3.63) is 41.7 Å². The number of rotatable bonds is 3. The lowest BCUT2D eigenvalue weighted by Gasteiger charge is -2.14. The molecule has 1 aliphatic heterocycles. The summed E-state index contributed by atoms with van der Waals surface area (Å²) in [4.78, 5) is 0. The molecule has 0 amide bonds. The predicted octanol–water partition coefficient (Wildman–Crippen LogP) is 2.12. The second-order valence-electron chi connectivity index (χ2n) is 3.57. The van der Waals surface area contributed by atoms with Crippen LogP contribution in [0.1, 0.15) is 6.42 Å². The summed E-state index contributed by atoms with van der Waals surface area (Å²) in [5, 5.41) is 3.27. The fraction of sp³-hybridized carbons (Fsp3) is 0.333. The molecule has 0 saturated heterocycles. The van der Waals surface area contributed by atoms with Crippen LogP contribution in [-0.2, 0) is 0 Å². The first-order valence-electron chi connectivity index (χ1n) is 5.11. The van der Waals surface area contributed by atoms with E-state index < -0.39 is 0 Å². The monoisotopic (exact) mass is 207 g/mol. The van der Waals surface area contributed by atoms with Crippen LogP contribution in [0.4, 0.5) is 4.39 Å². The van der Waals surface area contributed by atoms with Crippen LogP contribution in [0.3, 0.4) is 0 Å². The maximum absolute atomic E-state index is 12.6. The zero-order valence-corrected chi connectivity index (χ0v) is 8.50. The van der Waals surface area contributed by atoms with Crippen LogP contribution in [0.25, 0.3) is 0 Å². The maximum Gasteiger partial charge on any atom is 0.123 e. The molecule has 1 heterocycles. The van der Waals surface area contributed by atoms with Crippen molar-refractivity contribution in [3.63, 3.8) is 0 Å². The molecule has 1 N–H and O–H groups in total. The van der Waals surface area contributed by atoms with Crippen molar-refractivity contribution in [2.24, 2.45) is 0 Å². The van der Waals surface area contributed by atoms with Gasteiger partial charge in [-0.1, -0.05) is 6.08 Å². The quantitative estimate of drug-likeness (QED) is 0.766. The van der Waals surface area contributed by atoms with Crippen molar-refractivity contribution < 1.29 is 9.13 Å². The Morgan fingerprint density at radius 1 is 1.27 bits per heavy atom. The molecule has 0 aliphatic carbocycles. The average molecular weight is 207 g/mol. The summed E-state index contributed by atoms with van der Waals surface area (Å²) < 4.78 is 18.1. The van der Waals surface area contributed by atoms with Crippen LogP contribution in [-0.4, -0.2) is 19.7 Å². The number of hydrogen-bond acceptors (Lipinski definition) is 2. The van der Waals surface area contributed by atoms with E-state index in [2.05, 4.69) is 11.4 Å². The van der Waals surface area contributed by atoms with E-state index in [-0.39, 0.29) is 5.82 Å². The Morgan fingerprint density at radius 2 is 2.07 bits per heavy atom. The lowest BCUT2D eigenvalue weighted by Crippen LogP contribution is -2.24. The molecule has 0 saturated carbocycles. The molecule has 0 spiro atoms. The van der Waals surface area contributed by atoms with Gasteiger partial charge in [0.05, 0.1) is 0 Å². The summed E-state index contributed by atoms with van der Waals surface area (Å²) in [7, 11) is 0. The Hall–Kier alpha value is -1.35. The van der Waals surface area contributed by atoms with Crippen LogP contribution in [0.15, 0.2) is 35.9 Å². The normalized spacial score (nSPS) is 15.9. The summed E-state index contributed by atoms with van der Waals surface area (Å²) >= 11 is 0. The van der Waals surface area contributed by atoms with Crippen molar-refractivity contribution in [2.45, 2.75) is 6.42 Å². The van der Waals surface area contributed by atoms with E-state index in [0.717, 1.165) is 19.5 Å². The van der Waals surface area contributed by atoms with Gasteiger partial charge >= 0.3 is 0 Å². The lowest BCUT2D eigenvalue weighted by atomic mass is 10.2. The molecule has 2 nitrogen and oxygen atoms in total. The van der Waals surface area contributed by atoms with E-state index in [0.29, 0.717) is 12.4 Å². The van der Waals surface area contributed by atoms with Gasteiger partial charge in [0, 0.05) is 6.54 Å². The van der Waals surface area contributed by atoms with E-state index in [1.54, 1.807) is 12.1 Å². The molecule has 1 aliphatic rings. The average Bonchev–Trinajstić information content (AvgIpc) is 2.30. The highest BCUT2D eigenvalue weighted by Crippen LogP contribution is 2.12. The molecule has 1 aromatic rings. The number of hydrogen-bond donors (Lipinski definition) is 1. The number of ether oxygens (including phenoxy) is 1. The summed E-state index contributed by atoms with van der Waals surface area (Å²) in [5.41, 5.74) is 1.26. The van der Waals surface area contributed by atoms with Crippen LogP contribution >= 0.6 is 0 Å². The minimum absolute atomic E-state index is 0.235. The zero-order valence-electron chi connectivity index (χ0n) is 8.50. The Kier molecular flexibility index (Phi) is 3.35. The third-order valence-electron chi connectivity index (χ3n) is 2.34. The Bertz CT molecular complexity index is 345. The Balaban J connectivity index is 1.87. The van der Waals surface area contributed by atoms with E-state index in [9.17, 15) is 4.39 Å². The molecule has 0 radical (unpaired) electrons. The Labute approximate surface area is 88.8 Å². The second-order valence-corrected chi connectivity index (χ2v) is 3.57. The molecule has 0 aromatic heterocycles. The van der Waals surface area contributed by atoms with Crippen molar-refractivity contribution in [3.8, 4) is 5.75 Å². The van der Waals surface area contributed by atoms with E-state index in [1.807, 2.05) is 0 Å². The molecule has 0 unspecified atom stereocenters. The van der Waals surface area contributed by atoms with Gasteiger partial charge < -0.3 is 10.1 Å². The van der Waals surface area contributed by atoms with E-state index in [1.165, 1.54) is 17.7 Å². The highest BCUT2D eigenvalue weighted by molar-refractivity contribution is 5.23. The summed E-state index contributed by atoms with van der Waals surface area (Å²) in [6.07, 6.45) is 3.25. The smallest absolute Gasteiger partial charge is 0.123 e. The zero-order chi connectivity index (χ0) is 10.5. The molecular formula is C12H14FNO. The molecule has 15 heavy (non-hydrogen) atoms. The molecular weight excluding hydrogens is 193 g/mol. The standard InChI is InChI=1S/C12H14FNO/c13-11-3-5-12(6-4-11)15-9-10-2-1-7-14-8-10/h2-6,14H,1,7-9H2. The summed E-state index contributed by atoms with van der Waals surface area (Å²) in [6, 6.07) is 6.10. The van der Waals surface area contributed by atoms with Gasteiger partial charge in [-0.15, -0.1) is 0 Å². The SMILES string of the molecule is Fc1ccc(OCC2=CCCNC2)cc1. The largest absolute Gasteiger partial charge is 0.489 e. The number of benzene rings is 1. The van der Waals surface area contributed by atoms with Gasteiger partial charge in [0.15, 0.2) is 0 Å². The molecule has 3 heteroatoms. The van der Waals surface area contributed by atoms with Gasteiger partial charge in [-0.25, -0.2) is 4.39 Å². The first-order chi connectivity index (χ1) is 7.34. The first-order valence-corrected chi connectivity index (χ1v) is 5.11. The van der Waals surface area contributed by atoms with Crippen molar-refractivity contribution >= 4 is 0 Å². The molecule has 1 aromatic carbocycles. The van der Waals surface area contributed by atoms with Crippen LogP contribution in [0.5, 0.6) is 5.75 Å². The van der Waals surface area contributed by atoms with E-state index in [4.69, 9.17) is 4.74 Å². The second kappa shape index (κ2) is 4.94. The fourth-order valence-corrected chi connectivity index (χ4v) is 1.52. The minimum Gasteiger partial charge on any atom is -0.489 e. The van der Waals surface area contributed by atoms with Crippen molar-refractivity contribution in [1.82, 2.24) is 5.32 Å². The van der Waals surface area contributed by atoms with Crippen molar-refractivity contribution in [1.29, 1.82) is 0 Å². The molecule has 2 rings (SSSR count). The van der Waals surface area contributed by atoms with Gasteiger partial charge in [-0.2, -0.15) is 0 Å². The third kappa shape index (κ3) is 3.06. The van der Waals surface area contributed by atoms with E-state index >= 15 is 0 Å². The summed E-state index contributed by atoms with van der Waals surface area (Å²) in [6.45, 7) is 2.51. The molecule has 80 valence electrons. The highest BCUT2D eigenvalue weighted by atomic mass is 19.1.